The topological polar surface area (TPSA) is 54.5 Å². The standard InChI is InChI=1S/C12H18FN3O2/c1-16(7-8-18-2)6-5-14-12(17)10-3-4-11(13)15-9-10/h3-4,9H,5-8H2,1-2H3,(H,14,17). The van der Waals surface area contributed by atoms with Gasteiger partial charge < -0.3 is 15.0 Å². The number of carbonyl (C=O) groups is 1. The van der Waals surface area contributed by atoms with Crippen LogP contribution < -0.4 is 5.32 Å². The summed E-state index contributed by atoms with van der Waals surface area (Å²) in [6, 6.07) is 2.58. The molecule has 1 aromatic rings. The maximum absolute atomic E-state index is 12.6. The molecule has 0 aromatic carbocycles. The number of nitrogens with zero attached hydrogens (tertiary/aromatic N) is 2. The fraction of sp³-hybridized carbons (Fsp3) is 0.500. The van der Waals surface area contributed by atoms with Gasteiger partial charge in [-0.15, -0.1) is 0 Å². The summed E-state index contributed by atoms with van der Waals surface area (Å²) in [6.07, 6.45) is 1.22. The van der Waals surface area contributed by atoms with Gasteiger partial charge in [-0.05, 0) is 19.2 Å². The third kappa shape index (κ3) is 5.20. The molecule has 0 bridgehead atoms. The SMILES string of the molecule is COCCN(C)CCNC(=O)c1ccc(F)nc1. The van der Waals surface area contributed by atoms with Crippen LogP contribution >= 0.6 is 0 Å². The van der Waals surface area contributed by atoms with E-state index in [1.807, 2.05) is 11.9 Å². The second-order valence-corrected chi connectivity index (χ2v) is 3.92. The number of likely N-dealkylation sites (N-methyl/N-ethyl adjacent to an activating group) is 1. The number of carbonyl (C=O) groups excluding carboxylic acids is 1. The number of nitrogens with one attached hydrogen (secondary N) is 1. The number of hydrogen-bond acceptors (Lipinski definition) is 4. The van der Waals surface area contributed by atoms with E-state index < -0.39 is 5.95 Å². The number of methoxy groups -OCH3 is 1. The number of halogens is 1. The second-order valence-electron chi connectivity index (χ2n) is 3.92. The first-order valence-corrected chi connectivity index (χ1v) is 5.70. The van der Waals surface area contributed by atoms with Crippen molar-refractivity contribution < 1.29 is 13.9 Å². The van der Waals surface area contributed by atoms with E-state index in [4.69, 9.17) is 4.74 Å². The van der Waals surface area contributed by atoms with Crippen LogP contribution in [0.5, 0.6) is 0 Å². The molecule has 0 saturated heterocycles. The monoisotopic (exact) mass is 255 g/mol. The van der Waals surface area contributed by atoms with Crippen LogP contribution in [0.15, 0.2) is 18.3 Å². The highest BCUT2D eigenvalue weighted by atomic mass is 19.1. The van der Waals surface area contributed by atoms with Gasteiger partial charge in [0, 0.05) is 32.9 Å². The Balaban J connectivity index is 2.27. The van der Waals surface area contributed by atoms with Crippen molar-refractivity contribution in [2.45, 2.75) is 0 Å². The van der Waals surface area contributed by atoms with E-state index in [9.17, 15) is 9.18 Å². The summed E-state index contributed by atoms with van der Waals surface area (Å²) < 4.78 is 17.5. The van der Waals surface area contributed by atoms with Gasteiger partial charge in [-0.1, -0.05) is 0 Å². The average Bonchev–Trinajstić information content (AvgIpc) is 2.37. The van der Waals surface area contributed by atoms with E-state index in [0.29, 0.717) is 18.7 Å². The first kappa shape index (κ1) is 14.5. The van der Waals surface area contributed by atoms with Gasteiger partial charge in [-0.25, -0.2) is 4.98 Å². The smallest absolute Gasteiger partial charge is 0.252 e. The molecule has 1 rings (SSSR count). The zero-order valence-corrected chi connectivity index (χ0v) is 10.6. The molecule has 0 atom stereocenters. The van der Waals surface area contributed by atoms with E-state index in [0.717, 1.165) is 13.1 Å². The summed E-state index contributed by atoms with van der Waals surface area (Å²) >= 11 is 0. The van der Waals surface area contributed by atoms with Gasteiger partial charge in [-0.3, -0.25) is 4.79 Å². The Morgan fingerprint density at radius 1 is 1.50 bits per heavy atom. The van der Waals surface area contributed by atoms with Crippen molar-refractivity contribution in [3.05, 3.63) is 29.8 Å². The molecule has 0 aliphatic rings. The van der Waals surface area contributed by atoms with E-state index in [1.54, 1.807) is 7.11 Å². The van der Waals surface area contributed by atoms with Crippen LogP contribution in [0.3, 0.4) is 0 Å². The molecule has 5 nitrogen and oxygen atoms in total. The van der Waals surface area contributed by atoms with Gasteiger partial charge in [0.2, 0.25) is 5.95 Å². The summed E-state index contributed by atoms with van der Waals surface area (Å²) in [5, 5.41) is 2.74. The maximum atomic E-state index is 12.6. The quantitative estimate of drug-likeness (QED) is 0.722. The van der Waals surface area contributed by atoms with E-state index >= 15 is 0 Å². The van der Waals surface area contributed by atoms with Crippen molar-refractivity contribution >= 4 is 5.91 Å². The molecule has 1 heterocycles. The van der Waals surface area contributed by atoms with Crippen molar-refractivity contribution in [3.8, 4) is 0 Å². The lowest BCUT2D eigenvalue weighted by atomic mass is 10.2. The molecule has 6 heteroatoms. The first-order valence-electron chi connectivity index (χ1n) is 5.70. The van der Waals surface area contributed by atoms with Gasteiger partial charge in [0.15, 0.2) is 0 Å². The van der Waals surface area contributed by atoms with Crippen LogP contribution in [-0.4, -0.2) is 56.2 Å². The number of rotatable bonds is 7. The lowest BCUT2D eigenvalue weighted by Gasteiger charge is -2.16. The number of pyridine rings is 1. The number of hydrogen-bond donors (Lipinski definition) is 1. The molecule has 1 N–H and O–H groups in total. The second kappa shape index (κ2) is 7.73. The third-order valence-electron chi connectivity index (χ3n) is 2.45. The first-order chi connectivity index (χ1) is 8.63. The lowest BCUT2D eigenvalue weighted by Crippen LogP contribution is -2.34. The molecule has 0 spiro atoms. The van der Waals surface area contributed by atoms with Gasteiger partial charge >= 0.3 is 0 Å². The van der Waals surface area contributed by atoms with E-state index in [2.05, 4.69) is 10.3 Å². The van der Waals surface area contributed by atoms with Crippen LogP contribution in [0.25, 0.3) is 0 Å². The molecule has 0 saturated carbocycles. The number of ether oxygens (including phenoxy) is 1. The van der Waals surface area contributed by atoms with Crippen molar-refractivity contribution in [1.82, 2.24) is 15.2 Å². The maximum Gasteiger partial charge on any atom is 0.252 e. The molecular weight excluding hydrogens is 237 g/mol. The summed E-state index contributed by atoms with van der Waals surface area (Å²) in [5.74, 6) is -0.839. The van der Waals surface area contributed by atoms with Gasteiger partial charge in [0.1, 0.15) is 0 Å². The molecule has 0 unspecified atom stereocenters. The van der Waals surface area contributed by atoms with Crippen LogP contribution in [0, 0.1) is 5.95 Å². The Morgan fingerprint density at radius 2 is 2.28 bits per heavy atom. The predicted octanol–water partition coefficient (Wildman–Crippen LogP) is 0.529. The molecule has 1 amide bonds. The highest BCUT2D eigenvalue weighted by molar-refractivity contribution is 5.93. The number of amides is 1. The van der Waals surface area contributed by atoms with Crippen LogP contribution in [-0.2, 0) is 4.74 Å². The minimum Gasteiger partial charge on any atom is -0.383 e. The Labute approximate surface area is 106 Å². The average molecular weight is 255 g/mol. The van der Waals surface area contributed by atoms with Crippen molar-refractivity contribution in [3.63, 3.8) is 0 Å². The zero-order chi connectivity index (χ0) is 13.4. The molecule has 0 aliphatic carbocycles. The fourth-order valence-electron chi connectivity index (χ4n) is 1.33. The summed E-state index contributed by atoms with van der Waals surface area (Å²) in [6.45, 7) is 2.72. The lowest BCUT2D eigenvalue weighted by molar-refractivity contribution is 0.0947. The molecular formula is C12H18FN3O2. The van der Waals surface area contributed by atoms with Crippen molar-refractivity contribution in [2.75, 3.05) is 40.4 Å². The molecule has 1 aromatic heterocycles. The van der Waals surface area contributed by atoms with E-state index in [-0.39, 0.29) is 5.91 Å². The Hall–Kier alpha value is -1.53. The van der Waals surface area contributed by atoms with Gasteiger partial charge in [0.25, 0.3) is 5.91 Å². The Morgan fingerprint density at radius 3 is 2.89 bits per heavy atom. The summed E-state index contributed by atoms with van der Waals surface area (Å²) in [4.78, 5) is 17.1. The minimum absolute atomic E-state index is 0.248. The highest BCUT2D eigenvalue weighted by Crippen LogP contribution is 1.98. The Kier molecular flexibility index (Phi) is 6.24. The van der Waals surface area contributed by atoms with Crippen LogP contribution in [0.2, 0.25) is 0 Å². The molecule has 100 valence electrons. The normalized spacial score (nSPS) is 10.7. The molecule has 0 aliphatic heterocycles. The fourth-order valence-corrected chi connectivity index (χ4v) is 1.33. The van der Waals surface area contributed by atoms with Crippen LogP contribution in [0.4, 0.5) is 4.39 Å². The predicted molar refractivity (Wildman–Crippen MR) is 65.9 cm³/mol. The van der Waals surface area contributed by atoms with E-state index in [1.165, 1.54) is 18.3 Å². The third-order valence-corrected chi connectivity index (χ3v) is 2.45. The van der Waals surface area contributed by atoms with Crippen LogP contribution in [0.1, 0.15) is 10.4 Å². The highest BCUT2D eigenvalue weighted by Gasteiger charge is 2.06. The van der Waals surface area contributed by atoms with Gasteiger partial charge in [0.05, 0.1) is 12.2 Å². The summed E-state index contributed by atoms with van der Waals surface area (Å²) in [7, 11) is 3.60. The molecule has 18 heavy (non-hydrogen) atoms. The summed E-state index contributed by atoms with van der Waals surface area (Å²) in [5.41, 5.74) is 0.357. The van der Waals surface area contributed by atoms with Crippen molar-refractivity contribution in [2.24, 2.45) is 0 Å². The molecule has 0 radical (unpaired) electrons. The zero-order valence-electron chi connectivity index (χ0n) is 10.6. The van der Waals surface area contributed by atoms with Crippen molar-refractivity contribution in [1.29, 1.82) is 0 Å². The molecule has 0 fully saturated rings. The largest absolute Gasteiger partial charge is 0.383 e. The number of aromatic nitrogens is 1. The van der Waals surface area contributed by atoms with Gasteiger partial charge in [-0.2, -0.15) is 4.39 Å². The minimum atomic E-state index is -0.592. The Bertz CT molecular complexity index is 370.